The third-order valence-corrected chi connectivity index (χ3v) is 3.57. The fraction of sp³-hybridized carbons (Fsp3) is 0.615. The predicted molar refractivity (Wildman–Crippen MR) is 59.5 cm³/mol. The number of hydrogen-bond donors (Lipinski definition) is 1. The van der Waals surface area contributed by atoms with Crippen molar-refractivity contribution in [2.24, 2.45) is 11.3 Å². The van der Waals surface area contributed by atoms with Gasteiger partial charge in [-0.2, -0.15) is 5.26 Å². The lowest BCUT2D eigenvalue weighted by Crippen LogP contribution is -2.24. The van der Waals surface area contributed by atoms with E-state index in [9.17, 15) is 10.4 Å². The monoisotopic (exact) mass is 219 g/mol. The largest absolute Gasteiger partial charge is 0.464 e. The SMILES string of the molecule is Cc1ccc(C(O)C2(C#N)CCC(C)C2)o1. The molecule has 0 bridgehead atoms. The summed E-state index contributed by atoms with van der Waals surface area (Å²) in [5.74, 6) is 1.80. The normalized spacial score (nSPS) is 31.2. The van der Waals surface area contributed by atoms with Crippen molar-refractivity contribution in [2.45, 2.75) is 39.2 Å². The molecular formula is C13H17NO2. The van der Waals surface area contributed by atoms with Gasteiger partial charge in [0.05, 0.1) is 11.5 Å². The molecule has 0 spiro atoms. The second kappa shape index (κ2) is 3.95. The van der Waals surface area contributed by atoms with E-state index in [1.54, 1.807) is 6.07 Å². The second-order valence-electron chi connectivity index (χ2n) is 4.97. The fourth-order valence-electron chi connectivity index (χ4n) is 2.61. The number of nitriles is 1. The molecule has 1 aliphatic carbocycles. The summed E-state index contributed by atoms with van der Waals surface area (Å²) in [5.41, 5.74) is -0.649. The minimum atomic E-state index is -0.795. The lowest BCUT2D eigenvalue weighted by atomic mass is 9.80. The second-order valence-corrected chi connectivity index (χ2v) is 4.97. The van der Waals surface area contributed by atoms with Gasteiger partial charge in [0.2, 0.25) is 0 Å². The van der Waals surface area contributed by atoms with Gasteiger partial charge in [-0.1, -0.05) is 6.92 Å². The van der Waals surface area contributed by atoms with E-state index in [2.05, 4.69) is 13.0 Å². The average molecular weight is 219 g/mol. The van der Waals surface area contributed by atoms with E-state index in [0.29, 0.717) is 11.7 Å². The number of furan rings is 1. The molecule has 86 valence electrons. The summed E-state index contributed by atoms with van der Waals surface area (Å²) in [6.45, 7) is 3.96. The summed E-state index contributed by atoms with van der Waals surface area (Å²) in [6.07, 6.45) is 1.72. The lowest BCUT2D eigenvalue weighted by Gasteiger charge is -2.25. The number of hydrogen-bond acceptors (Lipinski definition) is 3. The summed E-state index contributed by atoms with van der Waals surface area (Å²) in [4.78, 5) is 0. The molecule has 0 radical (unpaired) electrons. The molecule has 0 aromatic carbocycles. The molecule has 0 aliphatic heterocycles. The standard InChI is InChI=1S/C13H17NO2/c1-9-5-6-13(7-9,8-14)12(15)11-4-3-10(2)16-11/h3-4,9,12,15H,5-7H2,1-2H3. The van der Waals surface area contributed by atoms with Gasteiger partial charge in [0, 0.05) is 0 Å². The molecule has 3 unspecified atom stereocenters. The highest BCUT2D eigenvalue weighted by Gasteiger charge is 2.45. The molecule has 1 heterocycles. The van der Waals surface area contributed by atoms with Gasteiger partial charge >= 0.3 is 0 Å². The van der Waals surface area contributed by atoms with Crippen molar-refractivity contribution in [1.29, 1.82) is 5.26 Å². The number of aliphatic hydroxyl groups excluding tert-OH is 1. The molecule has 0 saturated heterocycles. The minimum Gasteiger partial charge on any atom is -0.464 e. The van der Waals surface area contributed by atoms with Crippen LogP contribution in [0.5, 0.6) is 0 Å². The molecule has 16 heavy (non-hydrogen) atoms. The van der Waals surface area contributed by atoms with E-state index < -0.39 is 11.5 Å². The Bertz CT molecular complexity index is 418. The third-order valence-electron chi connectivity index (χ3n) is 3.57. The Morgan fingerprint density at radius 3 is 2.81 bits per heavy atom. The summed E-state index contributed by atoms with van der Waals surface area (Å²) in [5, 5.41) is 19.6. The van der Waals surface area contributed by atoms with Gasteiger partial charge in [-0.15, -0.1) is 0 Å². The van der Waals surface area contributed by atoms with Gasteiger partial charge in [-0.05, 0) is 44.2 Å². The number of aliphatic hydroxyl groups is 1. The average Bonchev–Trinajstić information content (AvgIpc) is 2.85. The topological polar surface area (TPSA) is 57.2 Å². The van der Waals surface area contributed by atoms with Crippen LogP contribution in [0.25, 0.3) is 0 Å². The van der Waals surface area contributed by atoms with Crippen molar-refractivity contribution in [2.75, 3.05) is 0 Å². The van der Waals surface area contributed by atoms with Crippen LogP contribution in [0.4, 0.5) is 0 Å². The Kier molecular flexibility index (Phi) is 2.77. The van der Waals surface area contributed by atoms with E-state index in [0.717, 1.165) is 25.0 Å². The molecule has 3 atom stereocenters. The molecule has 1 N–H and O–H groups in total. The van der Waals surface area contributed by atoms with E-state index in [4.69, 9.17) is 4.42 Å². The van der Waals surface area contributed by atoms with E-state index in [1.807, 2.05) is 13.0 Å². The molecule has 0 amide bonds. The van der Waals surface area contributed by atoms with Crippen LogP contribution in [-0.2, 0) is 0 Å². The first-order chi connectivity index (χ1) is 7.57. The van der Waals surface area contributed by atoms with Crippen LogP contribution >= 0.6 is 0 Å². The quantitative estimate of drug-likeness (QED) is 0.831. The third kappa shape index (κ3) is 1.74. The van der Waals surface area contributed by atoms with Gasteiger partial charge in [0.15, 0.2) is 0 Å². The molecule has 3 nitrogen and oxygen atoms in total. The maximum atomic E-state index is 10.3. The van der Waals surface area contributed by atoms with E-state index in [1.165, 1.54) is 0 Å². The van der Waals surface area contributed by atoms with Crippen molar-refractivity contribution in [3.8, 4) is 6.07 Å². The van der Waals surface area contributed by atoms with E-state index in [-0.39, 0.29) is 0 Å². The highest BCUT2D eigenvalue weighted by atomic mass is 16.4. The Balaban J connectivity index is 2.26. The molecule has 3 heteroatoms. The van der Waals surface area contributed by atoms with Crippen molar-refractivity contribution in [3.63, 3.8) is 0 Å². The molecule has 1 fully saturated rings. The highest BCUT2D eigenvalue weighted by molar-refractivity contribution is 5.17. The molecule has 1 aromatic rings. The van der Waals surface area contributed by atoms with Crippen LogP contribution in [0, 0.1) is 29.6 Å². The number of nitrogens with zero attached hydrogens (tertiary/aromatic N) is 1. The zero-order chi connectivity index (χ0) is 11.8. The van der Waals surface area contributed by atoms with Gasteiger partial charge in [0.1, 0.15) is 17.6 Å². The van der Waals surface area contributed by atoms with Crippen LogP contribution in [0.2, 0.25) is 0 Å². The lowest BCUT2D eigenvalue weighted by molar-refractivity contribution is 0.0449. The minimum absolute atomic E-state index is 0.505. The Hall–Kier alpha value is -1.27. The Labute approximate surface area is 95.7 Å². The van der Waals surface area contributed by atoms with Crippen molar-refractivity contribution in [3.05, 3.63) is 23.7 Å². The maximum Gasteiger partial charge on any atom is 0.134 e. The first kappa shape index (κ1) is 11.2. The molecular weight excluding hydrogens is 202 g/mol. The summed E-state index contributed by atoms with van der Waals surface area (Å²) in [6, 6.07) is 5.89. The van der Waals surface area contributed by atoms with Gasteiger partial charge < -0.3 is 9.52 Å². The number of aryl methyl sites for hydroxylation is 1. The Morgan fingerprint density at radius 1 is 1.62 bits per heavy atom. The van der Waals surface area contributed by atoms with Crippen LogP contribution in [0.3, 0.4) is 0 Å². The zero-order valence-electron chi connectivity index (χ0n) is 9.73. The molecule has 1 aliphatic rings. The predicted octanol–water partition coefficient (Wildman–Crippen LogP) is 2.95. The summed E-state index contributed by atoms with van der Waals surface area (Å²) >= 11 is 0. The van der Waals surface area contributed by atoms with Crippen molar-refractivity contribution >= 4 is 0 Å². The van der Waals surface area contributed by atoms with Crippen molar-refractivity contribution in [1.82, 2.24) is 0 Å². The Morgan fingerprint density at radius 2 is 2.38 bits per heavy atom. The van der Waals surface area contributed by atoms with E-state index >= 15 is 0 Å². The van der Waals surface area contributed by atoms with Crippen LogP contribution < -0.4 is 0 Å². The maximum absolute atomic E-state index is 10.3. The summed E-state index contributed by atoms with van der Waals surface area (Å²) in [7, 11) is 0. The van der Waals surface area contributed by atoms with Crippen LogP contribution in [0.1, 0.15) is 43.8 Å². The van der Waals surface area contributed by atoms with Gasteiger partial charge in [-0.3, -0.25) is 0 Å². The number of rotatable bonds is 2. The van der Waals surface area contributed by atoms with Gasteiger partial charge in [0.25, 0.3) is 0 Å². The smallest absolute Gasteiger partial charge is 0.134 e. The molecule has 1 aromatic heterocycles. The van der Waals surface area contributed by atoms with Gasteiger partial charge in [-0.25, -0.2) is 0 Å². The first-order valence-corrected chi connectivity index (χ1v) is 5.73. The first-order valence-electron chi connectivity index (χ1n) is 5.73. The van der Waals surface area contributed by atoms with Crippen LogP contribution in [-0.4, -0.2) is 5.11 Å². The molecule has 1 saturated carbocycles. The summed E-state index contributed by atoms with van der Waals surface area (Å²) < 4.78 is 5.42. The van der Waals surface area contributed by atoms with Crippen molar-refractivity contribution < 1.29 is 9.52 Å². The molecule has 2 rings (SSSR count). The highest BCUT2D eigenvalue weighted by Crippen LogP contribution is 2.49. The van der Waals surface area contributed by atoms with Crippen LogP contribution in [0.15, 0.2) is 16.5 Å². The fourth-order valence-corrected chi connectivity index (χ4v) is 2.61. The zero-order valence-corrected chi connectivity index (χ0v) is 9.73.